The van der Waals surface area contributed by atoms with Crippen LogP contribution in [0.25, 0.3) is 0 Å². The van der Waals surface area contributed by atoms with Gasteiger partial charge in [-0.15, -0.1) is 0 Å². The van der Waals surface area contributed by atoms with E-state index in [1.54, 1.807) is 13.8 Å². The van der Waals surface area contributed by atoms with E-state index < -0.39 is 7.75 Å². The van der Waals surface area contributed by atoms with Crippen LogP contribution in [0.1, 0.15) is 19.4 Å². The van der Waals surface area contributed by atoms with Gasteiger partial charge in [0, 0.05) is 6.54 Å². The highest BCUT2D eigenvalue weighted by Crippen LogP contribution is 2.53. The summed E-state index contributed by atoms with van der Waals surface area (Å²) in [4.78, 5) is 0. The normalized spacial score (nSPS) is 18.1. The zero-order valence-electron chi connectivity index (χ0n) is 9.27. The minimum Gasteiger partial charge on any atom is -0.406 e. The van der Waals surface area contributed by atoms with Crippen LogP contribution in [-0.2, 0) is 20.2 Å². The van der Waals surface area contributed by atoms with E-state index >= 15 is 0 Å². The van der Waals surface area contributed by atoms with Crippen molar-refractivity contribution in [2.24, 2.45) is 0 Å². The molecule has 0 aliphatic carbocycles. The lowest BCUT2D eigenvalue weighted by Crippen LogP contribution is -2.10. The standard InChI is InChI=1S/C11H14NO3P/c1-9-10(2)15-16(13,14-9)12-8-11-6-4-3-5-7-11/h3-7H,8H2,1-2H3,(H,12,13). The maximum Gasteiger partial charge on any atom is 0.512 e. The Morgan fingerprint density at radius 3 is 2.25 bits per heavy atom. The van der Waals surface area contributed by atoms with Crippen molar-refractivity contribution >= 4 is 7.75 Å². The summed E-state index contributed by atoms with van der Waals surface area (Å²) in [5.74, 6) is 1.15. The van der Waals surface area contributed by atoms with Gasteiger partial charge in [-0.1, -0.05) is 30.3 Å². The summed E-state index contributed by atoms with van der Waals surface area (Å²) in [6, 6.07) is 9.69. The molecule has 16 heavy (non-hydrogen) atoms. The Morgan fingerprint density at radius 1 is 1.12 bits per heavy atom. The first-order valence-electron chi connectivity index (χ1n) is 5.05. The predicted octanol–water partition coefficient (Wildman–Crippen LogP) is 3.18. The van der Waals surface area contributed by atoms with Crippen LogP contribution in [-0.4, -0.2) is 0 Å². The number of nitrogens with one attached hydrogen (secondary N) is 1. The van der Waals surface area contributed by atoms with Gasteiger partial charge in [-0.05, 0) is 19.4 Å². The first-order valence-corrected chi connectivity index (χ1v) is 6.59. The fourth-order valence-corrected chi connectivity index (χ4v) is 2.88. The van der Waals surface area contributed by atoms with Crippen LogP contribution < -0.4 is 5.09 Å². The largest absolute Gasteiger partial charge is 0.512 e. The summed E-state index contributed by atoms with van der Waals surface area (Å²) >= 11 is 0. The highest BCUT2D eigenvalue weighted by atomic mass is 31.2. The van der Waals surface area contributed by atoms with Crippen molar-refractivity contribution in [2.45, 2.75) is 20.4 Å². The lowest BCUT2D eigenvalue weighted by atomic mass is 10.2. The SMILES string of the molecule is CC1=C(C)OP(=O)(NCc2ccccc2)O1. The second-order valence-electron chi connectivity index (χ2n) is 3.61. The molecule has 0 unspecified atom stereocenters. The molecule has 2 rings (SSSR count). The molecule has 0 atom stereocenters. The fraction of sp³-hybridized carbons (Fsp3) is 0.273. The van der Waals surface area contributed by atoms with Gasteiger partial charge in [0.2, 0.25) is 0 Å². The van der Waals surface area contributed by atoms with Crippen molar-refractivity contribution in [3.05, 3.63) is 47.4 Å². The molecule has 4 nitrogen and oxygen atoms in total. The summed E-state index contributed by atoms with van der Waals surface area (Å²) in [6.45, 7) is 3.93. The van der Waals surface area contributed by atoms with E-state index in [1.165, 1.54) is 0 Å². The van der Waals surface area contributed by atoms with Gasteiger partial charge >= 0.3 is 7.75 Å². The van der Waals surface area contributed by atoms with Crippen LogP contribution in [0.3, 0.4) is 0 Å². The van der Waals surface area contributed by atoms with Crippen LogP contribution in [0.15, 0.2) is 41.9 Å². The maximum absolute atomic E-state index is 12.0. The fourth-order valence-electron chi connectivity index (χ4n) is 1.36. The topological polar surface area (TPSA) is 47.6 Å². The summed E-state index contributed by atoms with van der Waals surface area (Å²) < 4.78 is 22.4. The third-order valence-corrected chi connectivity index (χ3v) is 3.90. The van der Waals surface area contributed by atoms with Crippen molar-refractivity contribution in [1.82, 2.24) is 5.09 Å². The highest BCUT2D eigenvalue weighted by Gasteiger charge is 2.34. The first kappa shape index (κ1) is 11.2. The molecule has 5 heteroatoms. The van der Waals surface area contributed by atoms with E-state index in [0.717, 1.165) is 5.56 Å². The van der Waals surface area contributed by atoms with Gasteiger partial charge in [0.1, 0.15) is 11.5 Å². The Labute approximate surface area is 94.9 Å². The average molecular weight is 239 g/mol. The maximum atomic E-state index is 12.0. The molecular formula is C11H14NO3P. The van der Waals surface area contributed by atoms with Crippen LogP contribution in [0, 0.1) is 0 Å². The minimum absolute atomic E-state index is 0.457. The Morgan fingerprint density at radius 2 is 1.69 bits per heavy atom. The average Bonchev–Trinajstić information content (AvgIpc) is 2.53. The smallest absolute Gasteiger partial charge is 0.406 e. The summed E-state index contributed by atoms with van der Waals surface area (Å²) in [6.07, 6.45) is 0. The zero-order chi connectivity index (χ0) is 11.6. The Kier molecular flexibility index (Phi) is 3.03. The van der Waals surface area contributed by atoms with E-state index in [2.05, 4.69) is 5.09 Å². The second-order valence-corrected chi connectivity index (χ2v) is 5.29. The number of rotatable bonds is 3. The quantitative estimate of drug-likeness (QED) is 0.823. The van der Waals surface area contributed by atoms with Gasteiger partial charge in [-0.25, -0.2) is 4.57 Å². The highest BCUT2D eigenvalue weighted by molar-refractivity contribution is 7.52. The van der Waals surface area contributed by atoms with Gasteiger partial charge in [-0.3, -0.25) is 0 Å². The van der Waals surface area contributed by atoms with Gasteiger partial charge in [0.25, 0.3) is 0 Å². The first-order chi connectivity index (χ1) is 7.59. The third kappa shape index (κ3) is 2.46. The molecule has 0 fully saturated rings. The summed E-state index contributed by atoms with van der Waals surface area (Å²) in [7, 11) is -3.17. The third-order valence-electron chi connectivity index (χ3n) is 2.33. The van der Waals surface area contributed by atoms with Crippen LogP contribution in [0.2, 0.25) is 0 Å². The molecule has 1 heterocycles. The lowest BCUT2D eigenvalue weighted by Gasteiger charge is -2.12. The molecule has 0 spiro atoms. The summed E-state index contributed by atoms with van der Waals surface area (Å²) in [5, 5.41) is 2.80. The van der Waals surface area contributed by atoms with Crippen molar-refractivity contribution in [1.29, 1.82) is 0 Å². The van der Waals surface area contributed by atoms with Crippen molar-refractivity contribution in [3.63, 3.8) is 0 Å². The molecule has 0 bridgehead atoms. The second kappa shape index (κ2) is 4.32. The van der Waals surface area contributed by atoms with Crippen molar-refractivity contribution < 1.29 is 13.6 Å². The molecule has 0 amide bonds. The van der Waals surface area contributed by atoms with Crippen molar-refractivity contribution in [3.8, 4) is 0 Å². The Hall–Kier alpha value is -1.25. The Balaban J connectivity index is 1.96. The Bertz CT molecular complexity index is 438. The van der Waals surface area contributed by atoms with E-state index in [0.29, 0.717) is 18.1 Å². The minimum atomic E-state index is -3.17. The van der Waals surface area contributed by atoms with Crippen LogP contribution >= 0.6 is 7.75 Å². The molecule has 1 aliphatic heterocycles. The number of hydrogen-bond donors (Lipinski definition) is 1. The lowest BCUT2D eigenvalue weighted by molar-refractivity contribution is 0.338. The van der Waals surface area contributed by atoms with E-state index in [9.17, 15) is 4.57 Å². The van der Waals surface area contributed by atoms with E-state index in [-0.39, 0.29) is 0 Å². The number of benzene rings is 1. The van der Waals surface area contributed by atoms with E-state index in [4.69, 9.17) is 9.05 Å². The van der Waals surface area contributed by atoms with Crippen LogP contribution in [0.4, 0.5) is 0 Å². The molecule has 1 N–H and O–H groups in total. The van der Waals surface area contributed by atoms with Gasteiger partial charge < -0.3 is 9.05 Å². The van der Waals surface area contributed by atoms with Crippen LogP contribution in [0.5, 0.6) is 0 Å². The zero-order valence-corrected chi connectivity index (χ0v) is 10.2. The summed E-state index contributed by atoms with van der Waals surface area (Å²) in [5.41, 5.74) is 1.03. The molecule has 0 aromatic heterocycles. The predicted molar refractivity (Wildman–Crippen MR) is 61.4 cm³/mol. The molecule has 1 aliphatic rings. The molecule has 0 radical (unpaired) electrons. The molecule has 0 saturated heterocycles. The van der Waals surface area contributed by atoms with Gasteiger partial charge in [0.05, 0.1) is 0 Å². The molecular weight excluding hydrogens is 225 g/mol. The van der Waals surface area contributed by atoms with Gasteiger partial charge in [0.15, 0.2) is 0 Å². The number of hydrogen-bond acceptors (Lipinski definition) is 3. The number of allylic oxidation sites excluding steroid dienone is 2. The molecule has 1 aromatic carbocycles. The van der Waals surface area contributed by atoms with E-state index in [1.807, 2.05) is 30.3 Å². The van der Waals surface area contributed by atoms with Crippen molar-refractivity contribution in [2.75, 3.05) is 0 Å². The van der Waals surface area contributed by atoms with Gasteiger partial charge in [-0.2, -0.15) is 5.09 Å². The molecule has 86 valence electrons. The monoisotopic (exact) mass is 239 g/mol. The molecule has 1 aromatic rings. The molecule has 0 saturated carbocycles.